The molecule has 1 amide bonds. The van der Waals surface area contributed by atoms with Gasteiger partial charge in [-0.25, -0.2) is 4.39 Å². The first kappa shape index (κ1) is 17.1. The molecule has 0 saturated heterocycles. The van der Waals surface area contributed by atoms with Gasteiger partial charge in [0.2, 0.25) is 0 Å². The largest absolute Gasteiger partial charge is 0.486 e. The maximum Gasteiger partial charge on any atom is 0.257 e. The number of hydrogen-bond acceptors (Lipinski definition) is 4. The highest BCUT2D eigenvalue weighted by Crippen LogP contribution is 2.35. The summed E-state index contributed by atoms with van der Waals surface area (Å²) in [4.78, 5) is 14.4. The predicted molar refractivity (Wildman–Crippen MR) is 97.2 cm³/mol. The molecule has 138 valence electrons. The van der Waals surface area contributed by atoms with Gasteiger partial charge in [-0.15, -0.1) is 0 Å². The van der Waals surface area contributed by atoms with Crippen LogP contribution in [0.25, 0.3) is 11.3 Å². The lowest BCUT2D eigenvalue weighted by Gasteiger charge is -2.19. The number of fused-ring (bicyclic) bond motifs is 1. The molecule has 2 heterocycles. The molecule has 1 aliphatic heterocycles. The number of H-pyrrole nitrogens is 1. The Hall–Kier alpha value is -3.35. The average Bonchev–Trinajstić information content (AvgIpc) is 3.16. The number of hydrogen-bond donors (Lipinski definition) is 1. The Morgan fingerprint density at radius 3 is 2.81 bits per heavy atom. The molecule has 0 unspecified atom stereocenters. The first-order valence-corrected chi connectivity index (χ1v) is 8.55. The first-order valence-electron chi connectivity index (χ1n) is 8.55. The molecule has 6 nitrogen and oxygen atoms in total. The van der Waals surface area contributed by atoms with Crippen LogP contribution in [-0.4, -0.2) is 41.3 Å². The molecular weight excluding hydrogens is 349 g/mol. The van der Waals surface area contributed by atoms with E-state index in [1.807, 2.05) is 18.2 Å². The Labute approximate surface area is 155 Å². The molecule has 2 aromatic carbocycles. The second kappa shape index (κ2) is 7.11. The number of amides is 1. The smallest absolute Gasteiger partial charge is 0.257 e. The molecule has 7 heteroatoms. The molecule has 3 aromatic rings. The van der Waals surface area contributed by atoms with Crippen LogP contribution in [0.3, 0.4) is 0 Å². The Bertz CT molecular complexity index is 986. The van der Waals surface area contributed by atoms with E-state index in [0.29, 0.717) is 42.5 Å². The molecule has 4 rings (SSSR count). The number of benzene rings is 2. The highest BCUT2D eigenvalue weighted by Gasteiger charge is 2.21. The summed E-state index contributed by atoms with van der Waals surface area (Å²) < 4.78 is 24.5. The summed E-state index contributed by atoms with van der Waals surface area (Å²) in [5.41, 5.74) is 2.53. The van der Waals surface area contributed by atoms with Crippen molar-refractivity contribution in [2.24, 2.45) is 0 Å². The highest BCUT2D eigenvalue weighted by molar-refractivity contribution is 5.99. The van der Waals surface area contributed by atoms with Gasteiger partial charge in [-0.2, -0.15) is 5.10 Å². The molecule has 0 radical (unpaired) electrons. The van der Waals surface area contributed by atoms with E-state index >= 15 is 0 Å². The maximum atomic E-state index is 13.4. The van der Waals surface area contributed by atoms with Crippen LogP contribution in [0.2, 0.25) is 0 Å². The first-order chi connectivity index (χ1) is 13.1. The van der Waals surface area contributed by atoms with Crippen molar-refractivity contribution >= 4 is 5.91 Å². The Morgan fingerprint density at radius 2 is 2.00 bits per heavy atom. The highest BCUT2D eigenvalue weighted by atomic mass is 19.1. The fourth-order valence-corrected chi connectivity index (χ4v) is 3.05. The summed E-state index contributed by atoms with van der Waals surface area (Å²) in [6.45, 7) is 1.30. The molecule has 1 N–H and O–H groups in total. The van der Waals surface area contributed by atoms with Crippen LogP contribution in [-0.2, 0) is 6.54 Å². The molecule has 0 fully saturated rings. The lowest BCUT2D eigenvalue weighted by molar-refractivity contribution is 0.0785. The number of aromatic amines is 1. The second-order valence-corrected chi connectivity index (χ2v) is 6.31. The van der Waals surface area contributed by atoms with Crippen LogP contribution in [0.5, 0.6) is 11.5 Å². The van der Waals surface area contributed by atoms with Crippen molar-refractivity contribution in [1.29, 1.82) is 0 Å². The Morgan fingerprint density at radius 1 is 1.19 bits per heavy atom. The van der Waals surface area contributed by atoms with Crippen LogP contribution >= 0.6 is 0 Å². The van der Waals surface area contributed by atoms with Crippen molar-refractivity contribution in [3.63, 3.8) is 0 Å². The van der Waals surface area contributed by atoms with E-state index in [9.17, 15) is 9.18 Å². The third kappa shape index (κ3) is 3.48. The quantitative estimate of drug-likeness (QED) is 0.769. The third-order valence-corrected chi connectivity index (χ3v) is 4.36. The minimum absolute atomic E-state index is 0.210. The lowest BCUT2D eigenvalue weighted by Crippen LogP contribution is -2.26. The molecule has 1 aliphatic rings. The summed E-state index contributed by atoms with van der Waals surface area (Å²) >= 11 is 0. The van der Waals surface area contributed by atoms with Gasteiger partial charge in [-0.1, -0.05) is 12.1 Å². The van der Waals surface area contributed by atoms with Crippen molar-refractivity contribution in [1.82, 2.24) is 15.1 Å². The number of carbonyl (C=O) groups is 1. The van der Waals surface area contributed by atoms with Gasteiger partial charge in [0.15, 0.2) is 11.5 Å². The van der Waals surface area contributed by atoms with Crippen molar-refractivity contribution in [2.75, 3.05) is 20.3 Å². The maximum absolute atomic E-state index is 13.4. The number of rotatable bonds is 4. The lowest BCUT2D eigenvalue weighted by atomic mass is 10.1. The van der Waals surface area contributed by atoms with Crippen LogP contribution in [0.1, 0.15) is 15.9 Å². The SMILES string of the molecule is CN(Cc1cccc(F)c1)C(=O)c1cn[nH]c1-c1ccc2c(c1)OCCO2. The molecule has 27 heavy (non-hydrogen) atoms. The molecule has 0 aliphatic carbocycles. The number of nitrogens with one attached hydrogen (secondary N) is 1. The zero-order valence-corrected chi connectivity index (χ0v) is 14.7. The van der Waals surface area contributed by atoms with Gasteiger partial charge in [0.1, 0.15) is 19.0 Å². The van der Waals surface area contributed by atoms with Crippen molar-refractivity contribution in [3.8, 4) is 22.8 Å². The molecule has 1 aromatic heterocycles. The van der Waals surface area contributed by atoms with E-state index in [0.717, 1.165) is 11.1 Å². The molecule has 0 saturated carbocycles. The molecule has 0 spiro atoms. The molecule has 0 atom stereocenters. The van der Waals surface area contributed by atoms with Gasteiger partial charge in [0, 0.05) is 19.2 Å². The zero-order chi connectivity index (χ0) is 18.8. The number of aromatic nitrogens is 2. The van der Waals surface area contributed by atoms with Crippen LogP contribution in [0.4, 0.5) is 4.39 Å². The summed E-state index contributed by atoms with van der Waals surface area (Å²) in [7, 11) is 1.67. The summed E-state index contributed by atoms with van der Waals surface area (Å²) in [5.74, 6) is 0.784. The minimum atomic E-state index is -0.325. The number of carbonyl (C=O) groups excluding carboxylic acids is 1. The van der Waals surface area contributed by atoms with E-state index in [2.05, 4.69) is 10.2 Å². The van der Waals surface area contributed by atoms with Gasteiger partial charge in [0.25, 0.3) is 5.91 Å². The molecular formula is C20H18FN3O3. The van der Waals surface area contributed by atoms with Crippen LogP contribution < -0.4 is 9.47 Å². The van der Waals surface area contributed by atoms with Crippen LogP contribution in [0, 0.1) is 5.82 Å². The fourth-order valence-electron chi connectivity index (χ4n) is 3.05. The number of nitrogens with zero attached hydrogens (tertiary/aromatic N) is 2. The van der Waals surface area contributed by atoms with Crippen LogP contribution in [0.15, 0.2) is 48.7 Å². The van der Waals surface area contributed by atoms with Gasteiger partial charge < -0.3 is 14.4 Å². The predicted octanol–water partition coefficient (Wildman–Crippen LogP) is 3.26. The fraction of sp³-hybridized carbons (Fsp3) is 0.200. The second-order valence-electron chi connectivity index (χ2n) is 6.31. The van der Waals surface area contributed by atoms with Gasteiger partial charge in [-0.05, 0) is 35.9 Å². The van der Waals surface area contributed by atoms with Crippen molar-refractivity contribution in [2.45, 2.75) is 6.54 Å². The van der Waals surface area contributed by atoms with E-state index in [-0.39, 0.29) is 11.7 Å². The third-order valence-electron chi connectivity index (χ3n) is 4.36. The van der Waals surface area contributed by atoms with E-state index in [1.165, 1.54) is 23.2 Å². The van der Waals surface area contributed by atoms with Gasteiger partial charge in [-0.3, -0.25) is 9.89 Å². The summed E-state index contributed by atoms with van der Waals surface area (Å²) in [6, 6.07) is 11.7. The normalized spacial score (nSPS) is 12.7. The van der Waals surface area contributed by atoms with Gasteiger partial charge >= 0.3 is 0 Å². The van der Waals surface area contributed by atoms with E-state index < -0.39 is 0 Å². The van der Waals surface area contributed by atoms with Crippen molar-refractivity contribution < 1.29 is 18.7 Å². The Balaban J connectivity index is 1.58. The van der Waals surface area contributed by atoms with E-state index in [1.54, 1.807) is 19.2 Å². The average molecular weight is 367 g/mol. The zero-order valence-electron chi connectivity index (χ0n) is 14.7. The topological polar surface area (TPSA) is 67.5 Å². The van der Waals surface area contributed by atoms with Crippen molar-refractivity contribution in [3.05, 3.63) is 65.6 Å². The number of ether oxygens (including phenoxy) is 2. The standard InChI is InChI=1S/C20H18FN3O3/c1-24(12-13-3-2-4-15(21)9-13)20(25)16-11-22-23-19(16)14-5-6-17-18(10-14)27-8-7-26-17/h2-6,9-11H,7-8,12H2,1H3,(H,22,23). The van der Waals surface area contributed by atoms with E-state index in [4.69, 9.17) is 9.47 Å². The minimum Gasteiger partial charge on any atom is -0.486 e. The van der Waals surface area contributed by atoms with Gasteiger partial charge in [0.05, 0.1) is 17.5 Å². The number of halogens is 1. The Kier molecular flexibility index (Phi) is 4.50. The monoisotopic (exact) mass is 367 g/mol. The summed E-state index contributed by atoms with van der Waals surface area (Å²) in [6.07, 6.45) is 1.50. The molecule has 0 bridgehead atoms. The summed E-state index contributed by atoms with van der Waals surface area (Å²) in [5, 5.41) is 6.91.